The van der Waals surface area contributed by atoms with Crippen LogP contribution in [0.2, 0.25) is 0 Å². The first-order valence-electron chi connectivity index (χ1n) is 9.57. The minimum absolute atomic E-state index is 0.990. The van der Waals surface area contributed by atoms with E-state index in [4.69, 9.17) is 0 Å². The molecule has 1 heterocycles. The molecule has 3 rings (SSSR count). The molecule has 1 N–H and O–H groups in total. The Balaban J connectivity index is 1.57. The van der Waals surface area contributed by atoms with Crippen molar-refractivity contribution in [3.05, 3.63) is 65.2 Å². The van der Waals surface area contributed by atoms with E-state index < -0.39 is 0 Å². The maximum absolute atomic E-state index is 4.32. The number of piperazine rings is 1. The molecule has 5 heteroatoms. The van der Waals surface area contributed by atoms with E-state index in [9.17, 15) is 0 Å². The SMILES string of the molecule is CN=C(NC)N1CCN(Cc2ccccc2SCc2ccc(C)cc2)CC1. The lowest BCUT2D eigenvalue weighted by atomic mass is 10.2. The highest BCUT2D eigenvalue weighted by atomic mass is 32.2. The second-order valence-electron chi connectivity index (χ2n) is 6.94. The van der Waals surface area contributed by atoms with Gasteiger partial charge in [-0.2, -0.15) is 0 Å². The van der Waals surface area contributed by atoms with Crippen LogP contribution in [0.4, 0.5) is 0 Å². The highest BCUT2D eigenvalue weighted by Gasteiger charge is 2.19. The quantitative estimate of drug-likeness (QED) is 0.486. The Labute approximate surface area is 167 Å². The number of aryl methyl sites for hydroxylation is 1. The lowest BCUT2D eigenvalue weighted by Crippen LogP contribution is -2.51. The van der Waals surface area contributed by atoms with Crippen LogP contribution in [-0.2, 0) is 12.3 Å². The first-order chi connectivity index (χ1) is 13.2. The lowest BCUT2D eigenvalue weighted by molar-refractivity contribution is 0.172. The van der Waals surface area contributed by atoms with Gasteiger partial charge < -0.3 is 10.2 Å². The standard InChI is InChI=1S/C22H30N4S/c1-18-8-10-19(11-9-18)17-27-21-7-5-4-6-20(21)16-25-12-14-26(15-13-25)22(23-2)24-3/h4-11H,12-17H2,1-3H3,(H,23,24). The van der Waals surface area contributed by atoms with Crippen LogP contribution in [0.1, 0.15) is 16.7 Å². The third-order valence-corrected chi connectivity index (χ3v) is 6.18. The summed E-state index contributed by atoms with van der Waals surface area (Å²) in [6.45, 7) is 7.33. The van der Waals surface area contributed by atoms with Gasteiger partial charge >= 0.3 is 0 Å². The lowest BCUT2D eigenvalue weighted by Gasteiger charge is -2.36. The van der Waals surface area contributed by atoms with Gasteiger partial charge in [-0.25, -0.2) is 0 Å². The van der Waals surface area contributed by atoms with Gasteiger partial charge in [0.2, 0.25) is 0 Å². The highest BCUT2D eigenvalue weighted by molar-refractivity contribution is 7.98. The highest BCUT2D eigenvalue weighted by Crippen LogP contribution is 2.27. The van der Waals surface area contributed by atoms with Gasteiger partial charge in [-0.05, 0) is 24.1 Å². The minimum atomic E-state index is 0.990. The topological polar surface area (TPSA) is 30.9 Å². The molecule has 2 aromatic carbocycles. The van der Waals surface area contributed by atoms with E-state index in [0.29, 0.717) is 0 Å². The molecule has 1 fully saturated rings. The van der Waals surface area contributed by atoms with Crippen molar-refractivity contribution in [3.63, 3.8) is 0 Å². The summed E-state index contributed by atoms with van der Waals surface area (Å²) in [4.78, 5) is 10.6. The minimum Gasteiger partial charge on any atom is -0.359 e. The molecule has 0 atom stereocenters. The van der Waals surface area contributed by atoms with Crippen LogP contribution in [-0.4, -0.2) is 56.0 Å². The van der Waals surface area contributed by atoms with Gasteiger partial charge in [0.1, 0.15) is 0 Å². The Morgan fingerprint density at radius 3 is 2.41 bits per heavy atom. The van der Waals surface area contributed by atoms with E-state index in [1.165, 1.54) is 21.6 Å². The van der Waals surface area contributed by atoms with E-state index in [1.807, 2.05) is 25.9 Å². The molecule has 0 amide bonds. The van der Waals surface area contributed by atoms with Gasteiger partial charge in [0.25, 0.3) is 0 Å². The molecule has 0 radical (unpaired) electrons. The van der Waals surface area contributed by atoms with Gasteiger partial charge in [0, 0.05) is 57.5 Å². The summed E-state index contributed by atoms with van der Waals surface area (Å²) in [5, 5.41) is 3.18. The van der Waals surface area contributed by atoms with Gasteiger partial charge in [-0.1, -0.05) is 48.0 Å². The summed E-state index contributed by atoms with van der Waals surface area (Å²) in [5.41, 5.74) is 4.13. The van der Waals surface area contributed by atoms with Gasteiger partial charge in [-0.3, -0.25) is 9.89 Å². The van der Waals surface area contributed by atoms with Crippen molar-refractivity contribution in [2.24, 2.45) is 4.99 Å². The summed E-state index contributed by atoms with van der Waals surface area (Å²) >= 11 is 1.94. The Hall–Kier alpha value is -1.98. The zero-order valence-electron chi connectivity index (χ0n) is 16.6. The molecule has 0 aromatic heterocycles. The molecule has 1 saturated heterocycles. The van der Waals surface area contributed by atoms with Gasteiger partial charge in [0.15, 0.2) is 5.96 Å². The van der Waals surface area contributed by atoms with E-state index in [1.54, 1.807) is 0 Å². The summed E-state index contributed by atoms with van der Waals surface area (Å²) in [7, 11) is 3.79. The third-order valence-electron chi connectivity index (χ3n) is 4.99. The van der Waals surface area contributed by atoms with E-state index in [0.717, 1.165) is 44.4 Å². The van der Waals surface area contributed by atoms with Crippen molar-refractivity contribution in [2.75, 3.05) is 40.3 Å². The second kappa shape index (κ2) is 9.81. The number of aliphatic imine (C=N–C) groups is 1. The predicted molar refractivity (Wildman–Crippen MR) is 116 cm³/mol. The van der Waals surface area contributed by atoms with Crippen LogP contribution in [0, 0.1) is 6.92 Å². The molecule has 1 aliphatic heterocycles. The second-order valence-corrected chi connectivity index (χ2v) is 7.96. The number of thioether (sulfide) groups is 1. The van der Waals surface area contributed by atoms with E-state index in [-0.39, 0.29) is 0 Å². The number of benzene rings is 2. The summed E-state index contributed by atoms with van der Waals surface area (Å²) in [5.74, 6) is 2.01. The van der Waals surface area contributed by atoms with Crippen LogP contribution in [0.5, 0.6) is 0 Å². The molecule has 0 unspecified atom stereocenters. The zero-order chi connectivity index (χ0) is 19.1. The molecule has 0 aliphatic carbocycles. The van der Waals surface area contributed by atoms with Crippen molar-refractivity contribution >= 4 is 17.7 Å². The first-order valence-corrected chi connectivity index (χ1v) is 10.6. The fourth-order valence-electron chi connectivity index (χ4n) is 3.39. The van der Waals surface area contributed by atoms with Crippen molar-refractivity contribution in [3.8, 4) is 0 Å². The normalized spacial score (nSPS) is 15.8. The number of hydrogen-bond acceptors (Lipinski definition) is 3. The maximum atomic E-state index is 4.32. The molecule has 144 valence electrons. The van der Waals surface area contributed by atoms with Gasteiger partial charge in [-0.15, -0.1) is 11.8 Å². The van der Waals surface area contributed by atoms with Gasteiger partial charge in [0.05, 0.1) is 0 Å². The third kappa shape index (κ3) is 5.50. The predicted octanol–water partition coefficient (Wildman–Crippen LogP) is 3.61. The number of hydrogen-bond donors (Lipinski definition) is 1. The summed E-state index contributed by atoms with van der Waals surface area (Å²) in [6, 6.07) is 17.7. The van der Waals surface area contributed by atoms with Crippen molar-refractivity contribution < 1.29 is 0 Å². The van der Waals surface area contributed by atoms with Crippen LogP contribution >= 0.6 is 11.8 Å². The van der Waals surface area contributed by atoms with Crippen LogP contribution < -0.4 is 5.32 Å². The average molecular weight is 383 g/mol. The Morgan fingerprint density at radius 1 is 1.04 bits per heavy atom. The number of nitrogens with zero attached hydrogens (tertiary/aromatic N) is 3. The van der Waals surface area contributed by atoms with E-state index >= 15 is 0 Å². The molecule has 4 nitrogen and oxygen atoms in total. The van der Waals surface area contributed by atoms with Crippen molar-refractivity contribution in [1.82, 2.24) is 15.1 Å². The Kier molecular flexibility index (Phi) is 7.18. The Morgan fingerprint density at radius 2 is 1.74 bits per heavy atom. The molecule has 27 heavy (non-hydrogen) atoms. The Bertz CT molecular complexity index is 749. The average Bonchev–Trinajstić information content (AvgIpc) is 2.71. The monoisotopic (exact) mass is 382 g/mol. The molecule has 0 saturated carbocycles. The van der Waals surface area contributed by atoms with E-state index in [2.05, 4.69) is 75.6 Å². The van der Waals surface area contributed by atoms with Crippen LogP contribution in [0.25, 0.3) is 0 Å². The largest absolute Gasteiger partial charge is 0.359 e. The summed E-state index contributed by atoms with van der Waals surface area (Å²) < 4.78 is 0. The number of rotatable bonds is 5. The van der Waals surface area contributed by atoms with Crippen molar-refractivity contribution in [2.45, 2.75) is 24.1 Å². The fourth-order valence-corrected chi connectivity index (χ4v) is 4.40. The molecule has 0 spiro atoms. The fraction of sp³-hybridized carbons (Fsp3) is 0.409. The molecule has 1 aliphatic rings. The first kappa shape index (κ1) is 19.8. The molecular weight excluding hydrogens is 352 g/mol. The molecule has 0 bridgehead atoms. The molecular formula is C22H30N4S. The van der Waals surface area contributed by atoms with Crippen LogP contribution in [0.3, 0.4) is 0 Å². The maximum Gasteiger partial charge on any atom is 0.193 e. The zero-order valence-corrected chi connectivity index (χ0v) is 17.4. The smallest absolute Gasteiger partial charge is 0.193 e. The van der Waals surface area contributed by atoms with Crippen LogP contribution in [0.15, 0.2) is 58.4 Å². The number of guanidine groups is 1. The summed E-state index contributed by atoms with van der Waals surface area (Å²) in [6.07, 6.45) is 0. The van der Waals surface area contributed by atoms with Crippen molar-refractivity contribution in [1.29, 1.82) is 0 Å². The molecule has 2 aromatic rings. The number of nitrogens with one attached hydrogen (secondary N) is 1.